The van der Waals surface area contributed by atoms with Crippen LogP contribution in [0, 0.1) is 24.0 Å². The molecule has 1 aromatic carbocycles. The maximum atomic E-state index is 11.6. The van der Waals surface area contributed by atoms with Crippen molar-refractivity contribution in [2.24, 2.45) is 0 Å². The second-order valence-corrected chi connectivity index (χ2v) is 6.16. The molecule has 126 valence electrons. The van der Waals surface area contributed by atoms with Crippen molar-refractivity contribution < 1.29 is 14.2 Å². The first-order chi connectivity index (χ1) is 11.5. The number of ketones is 1. The van der Waals surface area contributed by atoms with E-state index in [4.69, 9.17) is 4.52 Å². The molecule has 0 aliphatic heterocycles. The van der Waals surface area contributed by atoms with E-state index in [0.29, 0.717) is 35.5 Å². The Morgan fingerprint density at radius 3 is 2.79 bits per heavy atom. The zero-order valence-corrected chi connectivity index (χ0v) is 13.7. The second kappa shape index (κ2) is 6.43. The lowest BCUT2D eigenvalue weighted by Gasteiger charge is -2.23. The summed E-state index contributed by atoms with van der Waals surface area (Å²) in [7, 11) is 0. The van der Waals surface area contributed by atoms with Gasteiger partial charge in [0.15, 0.2) is 0 Å². The largest absolute Gasteiger partial charge is 0.376 e. The van der Waals surface area contributed by atoms with Crippen molar-refractivity contribution in [2.45, 2.75) is 45.6 Å². The van der Waals surface area contributed by atoms with E-state index in [-0.39, 0.29) is 17.5 Å². The van der Waals surface area contributed by atoms with Crippen molar-refractivity contribution in [3.8, 4) is 11.1 Å². The zero-order chi connectivity index (χ0) is 17.3. The SMILES string of the molecule is Cc1noc(C)c1-c1ccc(NC2CCCC(=O)C2)c([N+](=O)[O-])c1. The number of benzene rings is 1. The summed E-state index contributed by atoms with van der Waals surface area (Å²) in [6.07, 6.45) is 2.68. The van der Waals surface area contributed by atoms with E-state index in [1.165, 1.54) is 6.07 Å². The summed E-state index contributed by atoms with van der Waals surface area (Å²) >= 11 is 0. The Balaban J connectivity index is 1.93. The topological polar surface area (TPSA) is 98.3 Å². The number of nitrogens with zero attached hydrogens (tertiary/aromatic N) is 2. The number of hydrogen-bond donors (Lipinski definition) is 1. The van der Waals surface area contributed by atoms with Crippen LogP contribution < -0.4 is 5.32 Å². The molecule has 3 rings (SSSR count). The van der Waals surface area contributed by atoms with Crippen LogP contribution in [0.2, 0.25) is 0 Å². The summed E-state index contributed by atoms with van der Waals surface area (Å²) in [5.74, 6) is 0.828. The standard InChI is InChI=1S/C17H19N3O4/c1-10-17(11(2)24-19-10)12-6-7-15(16(8-12)20(22)23)18-13-4-3-5-14(21)9-13/h6-8,13,18H,3-5,9H2,1-2H3. The van der Waals surface area contributed by atoms with Gasteiger partial charge in [0.1, 0.15) is 17.2 Å². The van der Waals surface area contributed by atoms with E-state index in [1.807, 2.05) is 6.07 Å². The van der Waals surface area contributed by atoms with E-state index >= 15 is 0 Å². The molecule has 0 bridgehead atoms. The third kappa shape index (κ3) is 3.15. The van der Waals surface area contributed by atoms with Gasteiger partial charge in [0, 0.05) is 30.5 Å². The molecule has 7 nitrogen and oxygen atoms in total. The van der Waals surface area contributed by atoms with Crippen LogP contribution in [0.1, 0.15) is 37.1 Å². The van der Waals surface area contributed by atoms with Gasteiger partial charge in [-0.05, 0) is 38.3 Å². The third-order valence-corrected chi connectivity index (χ3v) is 4.36. The predicted octanol–water partition coefficient (Wildman–Crippen LogP) is 3.79. The van der Waals surface area contributed by atoms with E-state index in [1.54, 1.807) is 19.9 Å². The number of nitro benzene ring substituents is 1. The highest BCUT2D eigenvalue weighted by Crippen LogP contribution is 2.34. The van der Waals surface area contributed by atoms with Crippen molar-refractivity contribution in [2.75, 3.05) is 5.32 Å². The smallest absolute Gasteiger partial charge is 0.292 e. The lowest BCUT2D eigenvalue weighted by molar-refractivity contribution is -0.383. The molecule has 7 heteroatoms. The molecule has 1 aliphatic rings. The van der Waals surface area contributed by atoms with Gasteiger partial charge >= 0.3 is 0 Å². The number of Topliss-reactive ketones (excluding diaryl/α,β-unsaturated/α-hetero) is 1. The van der Waals surface area contributed by atoms with E-state index in [2.05, 4.69) is 10.5 Å². The first kappa shape index (κ1) is 16.2. The number of aromatic nitrogens is 1. The average Bonchev–Trinajstić information content (AvgIpc) is 2.87. The van der Waals surface area contributed by atoms with Gasteiger partial charge in [0.2, 0.25) is 0 Å². The first-order valence-electron chi connectivity index (χ1n) is 7.95. The number of carbonyl (C=O) groups is 1. The number of carbonyl (C=O) groups excluding carboxylic acids is 1. The normalized spacial score (nSPS) is 17.8. The summed E-state index contributed by atoms with van der Waals surface area (Å²) in [6.45, 7) is 3.58. The molecule has 1 fully saturated rings. The van der Waals surface area contributed by atoms with E-state index < -0.39 is 4.92 Å². The predicted molar refractivity (Wildman–Crippen MR) is 89.0 cm³/mol. The van der Waals surface area contributed by atoms with Crippen LogP contribution in [0.25, 0.3) is 11.1 Å². The minimum absolute atomic E-state index is 0.00878. The zero-order valence-electron chi connectivity index (χ0n) is 13.7. The first-order valence-corrected chi connectivity index (χ1v) is 7.95. The van der Waals surface area contributed by atoms with Crippen LogP contribution in [-0.4, -0.2) is 21.9 Å². The molecule has 24 heavy (non-hydrogen) atoms. The van der Waals surface area contributed by atoms with E-state index in [0.717, 1.165) is 18.4 Å². The van der Waals surface area contributed by atoms with Gasteiger partial charge in [-0.2, -0.15) is 0 Å². The molecule has 1 atom stereocenters. The fourth-order valence-corrected chi connectivity index (χ4v) is 3.22. The molecule has 2 aromatic rings. The van der Waals surface area contributed by atoms with Crippen molar-refractivity contribution in [1.82, 2.24) is 5.16 Å². The summed E-state index contributed by atoms with van der Waals surface area (Å²) in [5.41, 5.74) is 2.60. The summed E-state index contributed by atoms with van der Waals surface area (Å²) in [6, 6.07) is 4.99. The summed E-state index contributed by atoms with van der Waals surface area (Å²) in [5, 5.41) is 18.5. The number of hydrogen-bond acceptors (Lipinski definition) is 6. The van der Waals surface area contributed by atoms with Crippen LogP contribution in [-0.2, 0) is 4.79 Å². The highest BCUT2D eigenvalue weighted by atomic mass is 16.6. The molecule has 0 saturated heterocycles. The molecule has 0 amide bonds. The van der Waals surface area contributed by atoms with Crippen molar-refractivity contribution in [3.63, 3.8) is 0 Å². The molecule has 1 saturated carbocycles. The Bertz CT molecular complexity index is 778. The van der Waals surface area contributed by atoms with Gasteiger partial charge in [-0.1, -0.05) is 11.2 Å². The minimum Gasteiger partial charge on any atom is -0.376 e. The molecule has 1 aliphatic carbocycles. The van der Waals surface area contributed by atoms with Gasteiger partial charge < -0.3 is 9.84 Å². The van der Waals surface area contributed by atoms with Gasteiger partial charge in [0.05, 0.1) is 10.6 Å². The summed E-state index contributed by atoms with van der Waals surface area (Å²) in [4.78, 5) is 22.6. The monoisotopic (exact) mass is 329 g/mol. The van der Waals surface area contributed by atoms with Crippen LogP contribution in [0.4, 0.5) is 11.4 Å². The van der Waals surface area contributed by atoms with Crippen LogP contribution >= 0.6 is 0 Å². The molecule has 0 spiro atoms. The van der Waals surface area contributed by atoms with Gasteiger partial charge in [-0.15, -0.1) is 0 Å². The van der Waals surface area contributed by atoms with Gasteiger partial charge in [-0.25, -0.2) is 0 Å². The van der Waals surface area contributed by atoms with E-state index in [9.17, 15) is 14.9 Å². The number of nitrogens with one attached hydrogen (secondary N) is 1. The van der Waals surface area contributed by atoms with Crippen molar-refractivity contribution >= 4 is 17.2 Å². The Labute approximate surface area is 139 Å². The molecule has 1 unspecified atom stereocenters. The Morgan fingerprint density at radius 2 is 2.17 bits per heavy atom. The van der Waals surface area contributed by atoms with Crippen molar-refractivity contribution in [3.05, 3.63) is 39.8 Å². The highest BCUT2D eigenvalue weighted by Gasteiger charge is 2.24. The molecule has 1 N–H and O–H groups in total. The molecule has 1 aromatic heterocycles. The maximum absolute atomic E-state index is 11.6. The van der Waals surface area contributed by atoms with Crippen LogP contribution in [0.5, 0.6) is 0 Å². The Kier molecular flexibility index (Phi) is 4.33. The Morgan fingerprint density at radius 1 is 1.38 bits per heavy atom. The van der Waals surface area contributed by atoms with Gasteiger partial charge in [-0.3, -0.25) is 14.9 Å². The summed E-state index contributed by atoms with van der Waals surface area (Å²) < 4.78 is 5.14. The lowest BCUT2D eigenvalue weighted by atomic mass is 9.94. The van der Waals surface area contributed by atoms with Crippen molar-refractivity contribution in [1.29, 1.82) is 0 Å². The second-order valence-electron chi connectivity index (χ2n) is 6.16. The minimum atomic E-state index is -0.408. The number of anilines is 1. The number of aryl methyl sites for hydroxylation is 2. The quantitative estimate of drug-likeness (QED) is 0.677. The highest BCUT2D eigenvalue weighted by molar-refractivity contribution is 5.81. The lowest BCUT2D eigenvalue weighted by Crippen LogP contribution is -2.27. The fraction of sp³-hybridized carbons (Fsp3) is 0.412. The number of nitro groups is 1. The number of rotatable bonds is 4. The van der Waals surface area contributed by atoms with Gasteiger partial charge in [0.25, 0.3) is 5.69 Å². The fourth-order valence-electron chi connectivity index (χ4n) is 3.22. The van der Waals surface area contributed by atoms with Crippen LogP contribution in [0.3, 0.4) is 0 Å². The molecular formula is C17H19N3O4. The Hall–Kier alpha value is -2.70. The van der Waals surface area contributed by atoms with Crippen LogP contribution in [0.15, 0.2) is 22.7 Å². The molecular weight excluding hydrogens is 310 g/mol. The molecule has 1 heterocycles. The maximum Gasteiger partial charge on any atom is 0.292 e. The third-order valence-electron chi connectivity index (χ3n) is 4.36. The average molecular weight is 329 g/mol. The molecule has 0 radical (unpaired) electrons.